The number of hydrogen-bond acceptors (Lipinski definition) is 6. The zero-order chi connectivity index (χ0) is 22.9. The number of aromatic nitrogens is 4. The van der Waals surface area contributed by atoms with Crippen molar-refractivity contribution < 1.29 is 9.53 Å². The molecule has 1 aromatic carbocycles. The number of ether oxygens (including phenoxy) is 1. The number of hydrogen-bond donors (Lipinski definition) is 2. The normalized spacial score (nSPS) is 20.7. The molecule has 0 bridgehead atoms. The van der Waals surface area contributed by atoms with E-state index in [2.05, 4.69) is 41.8 Å². The molecule has 0 saturated heterocycles. The van der Waals surface area contributed by atoms with Gasteiger partial charge in [0, 0.05) is 25.1 Å². The molecular weight excluding hydrogens is 416 g/mol. The number of carbonyl (C=O) groups is 1. The van der Waals surface area contributed by atoms with Crippen molar-refractivity contribution in [3.05, 3.63) is 41.3 Å². The van der Waals surface area contributed by atoms with Crippen molar-refractivity contribution in [2.24, 2.45) is 5.92 Å². The Morgan fingerprint density at radius 1 is 1.03 bits per heavy atom. The van der Waals surface area contributed by atoms with E-state index in [1.54, 1.807) is 7.11 Å². The van der Waals surface area contributed by atoms with Crippen molar-refractivity contribution in [3.63, 3.8) is 0 Å². The van der Waals surface area contributed by atoms with Gasteiger partial charge in [-0.3, -0.25) is 4.79 Å². The molecule has 8 heteroatoms. The number of benzene rings is 1. The van der Waals surface area contributed by atoms with Crippen LogP contribution in [-0.4, -0.2) is 44.8 Å². The van der Waals surface area contributed by atoms with Crippen LogP contribution in [0.25, 0.3) is 16.7 Å². The van der Waals surface area contributed by atoms with Gasteiger partial charge in [0.1, 0.15) is 12.4 Å². The minimum atomic E-state index is 0.243. The Morgan fingerprint density at radius 2 is 1.73 bits per heavy atom. The summed E-state index contributed by atoms with van der Waals surface area (Å²) in [5.74, 6) is 1.95. The lowest BCUT2D eigenvalue weighted by Gasteiger charge is -2.30. The Kier molecular flexibility index (Phi) is 6.01. The summed E-state index contributed by atoms with van der Waals surface area (Å²) in [5, 5.41) is 12.6. The molecule has 174 valence electrons. The van der Waals surface area contributed by atoms with E-state index in [1.165, 1.54) is 5.56 Å². The monoisotopic (exact) mass is 448 g/mol. The molecular formula is C25H32N6O2. The molecule has 2 aliphatic rings. The number of rotatable bonds is 7. The number of fused-ring (bicyclic) bond motifs is 1. The number of aryl methyl sites for hydroxylation is 2. The van der Waals surface area contributed by atoms with Gasteiger partial charge in [-0.15, -0.1) is 0 Å². The molecule has 0 spiro atoms. The van der Waals surface area contributed by atoms with E-state index in [-0.39, 0.29) is 17.9 Å². The average molecular weight is 449 g/mol. The highest BCUT2D eigenvalue weighted by Gasteiger charge is 2.32. The van der Waals surface area contributed by atoms with Crippen LogP contribution in [0.2, 0.25) is 0 Å². The minimum absolute atomic E-state index is 0.243. The molecule has 2 saturated carbocycles. The number of nitrogens with zero attached hydrogens (tertiary/aromatic N) is 4. The highest BCUT2D eigenvalue weighted by molar-refractivity contribution is 5.90. The smallest absolute Gasteiger partial charge is 0.223 e. The molecule has 0 unspecified atom stereocenters. The molecule has 8 nitrogen and oxygen atoms in total. The molecule has 1 amide bonds. The third kappa shape index (κ3) is 4.71. The predicted octanol–water partition coefficient (Wildman–Crippen LogP) is 3.83. The van der Waals surface area contributed by atoms with Crippen molar-refractivity contribution >= 4 is 22.8 Å². The summed E-state index contributed by atoms with van der Waals surface area (Å²) in [6.07, 6.45) is 6.04. The predicted molar refractivity (Wildman–Crippen MR) is 127 cm³/mol. The first-order chi connectivity index (χ1) is 16.0. The quantitative estimate of drug-likeness (QED) is 0.571. The minimum Gasteiger partial charge on any atom is -0.377 e. The number of methoxy groups -OCH3 is 1. The highest BCUT2D eigenvalue weighted by Crippen LogP contribution is 2.31. The Labute approximate surface area is 194 Å². The first-order valence-electron chi connectivity index (χ1n) is 11.9. The van der Waals surface area contributed by atoms with E-state index in [0.29, 0.717) is 18.5 Å². The maximum absolute atomic E-state index is 12.1. The van der Waals surface area contributed by atoms with Crippen LogP contribution in [0.4, 0.5) is 5.82 Å². The Balaban J connectivity index is 1.39. The van der Waals surface area contributed by atoms with Crippen LogP contribution in [-0.2, 0) is 16.1 Å². The Morgan fingerprint density at radius 3 is 2.39 bits per heavy atom. The van der Waals surface area contributed by atoms with E-state index in [4.69, 9.17) is 19.8 Å². The van der Waals surface area contributed by atoms with Gasteiger partial charge in [0.25, 0.3) is 0 Å². The van der Waals surface area contributed by atoms with Crippen LogP contribution in [0.15, 0.2) is 24.3 Å². The van der Waals surface area contributed by atoms with Gasteiger partial charge in [0.15, 0.2) is 11.5 Å². The molecule has 33 heavy (non-hydrogen) atoms. The van der Waals surface area contributed by atoms with Gasteiger partial charge in [-0.25, -0.2) is 14.6 Å². The van der Waals surface area contributed by atoms with Gasteiger partial charge in [-0.2, -0.15) is 5.10 Å². The fraction of sp³-hybridized carbons (Fsp3) is 0.520. The lowest BCUT2D eigenvalue weighted by Crippen LogP contribution is -2.40. The maximum atomic E-state index is 12.1. The van der Waals surface area contributed by atoms with Crippen LogP contribution in [0.1, 0.15) is 55.6 Å². The molecule has 0 aliphatic heterocycles. The second kappa shape index (κ2) is 9.09. The summed E-state index contributed by atoms with van der Waals surface area (Å²) >= 11 is 0. The molecule has 2 aliphatic carbocycles. The second-order valence-corrected chi connectivity index (χ2v) is 9.43. The topological polar surface area (TPSA) is 94.0 Å². The summed E-state index contributed by atoms with van der Waals surface area (Å²) in [4.78, 5) is 21.7. The standard InChI is InChI=1S/C25H32N6O2/c1-15-4-12-20(13-5-15)31-24-22(16(2)30-31)23(28-21(29-24)14-33-3)26-18-8-10-19(11-9-18)27-25(32)17-6-7-17/h4-5,12-13,17-19H,6-11,14H2,1-3H3,(H,27,32)(H,26,28,29). The van der Waals surface area contributed by atoms with Crippen LogP contribution in [0.3, 0.4) is 0 Å². The number of carbonyl (C=O) groups excluding carboxylic acids is 1. The van der Waals surface area contributed by atoms with Crippen LogP contribution < -0.4 is 10.6 Å². The number of amides is 1. The molecule has 0 radical (unpaired) electrons. The van der Waals surface area contributed by atoms with E-state index in [9.17, 15) is 4.79 Å². The summed E-state index contributed by atoms with van der Waals surface area (Å²) in [7, 11) is 1.65. The summed E-state index contributed by atoms with van der Waals surface area (Å²) in [6, 6.07) is 8.86. The molecule has 0 atom stereocenters. The van der Waals surface area contributed by atoms with E-state index < -0.39 is 0 Å². The fourth-order valence-electron chi connectivity index (χ4n) is 4.63. The summed E-state index contributed by atoms with van der Waals surface area (Å²) < 4.78 is 7.23. The van der Waals surface area contributed by atoms with Crippen LogP contribution in [0.5, 0.6) is 0 Å². The van der Waals surface area contributed by atoms with Crippen LogP contribution >= 0.6 is 0 Å². The summed E-state index contributed by atoms with van der Waals surface area (Å²) in [5.41, 5.74) is 3.85. The molecule has 5 rings (SSSR count). The van der Waals surface area contributed by atoms with Gasteiger partial charge < -0.3 is 15.4 Å². The first-order valence-corrected chi connectivity index (χ1v) is 11.9. The Hall–Kier alpha value is -3.00. The maximum Gasteiger partial charge on any atom is 0.223 e. The largest absolute Gasteiger partial charge is 0.377 e. The van der Waals surface area contributed by atoms with Gasteiger partial charge in [0.2, 0.25) is 5.91 Å². The molecule has 2 fully saturated rings. The molecule has 2 heterocycles. The van der Waals surface area contributed by atoms with Crippen molar-refractivity contribution in [1.82, 2.24) is 25.1 Å². The van der Waals surface area contributed by atoms with E-state index in [0.717, 1.165) is 66.8 Å². The third-order valence-electron chi connectivity index (χ3n) is 6.66. The van der Waals surface area contributed by atoms with Crippen molar-refractivity contribution in [3.8, 4) is 5.69 Å². The lowest BCUT2D eigenvalue weighted by atomic mass is 9.91. The lowest BCUT2D eigenvalue weighted by molar-refractivity contribution is -0.123. The van der Waals surface area contributed by atoms with E-state index >= 15 is 0 Å². The zero-order valence-corrected chi connectivity index (χ0v) is 19.6. The van der Waals surface area contributed by atoms with Gasteiger partial charge in [-0.1, -0.05) is 17.7 Å². The average Bonchev–Trinajstić information content (AvgIpc) is 3.60. The zero-order valence-electron chi connectivity index (χ0n) is 19.6. The van der Waals surface area contributed by atoms with Crippen LogP contribution in [0, 0.1) is 19.8 Å². The fourth-order valence-corrected chi connectivity index (χ4v) is 4.63. The molecule has 3 aromatic rings. The third-order valence-corrected chi connectivity index (χ3v) is 6.66. The Bertz CT molecular complexity index is 1140. The molecule has 2 N–H and O–H groups in total. The van der Waals surface area contributed by atoms with Crippen molar-refractivity contribution in [2.75, 3.05) is 12.4 Å². The SMILES string of the molecule is COCc1nc(NC2CCC(NC(=O)C3CC3)CC2)c2c(C)nn(-c3ccc(C)cc3)c2n1. The van der Waals surface area contributed by atoms with Gasteiger partial charge in [-0.05, 0) is 64.5 Å². The van der Waals surface area contributed by atoms with E-state index in [1.807, 2.05) is 11.6 Å². The number of nitrogens with one attached hydrogen (secondary N) is 2. The van der Waals surface area contributed by atoms with Gasteiger partial charge >= 0.3 is 0 Å². The van der Waals surface area contributed by atoms with Crippen molar-refractivity contribution in [1.29, 1.82) is 0 Å². The summed E-state index contributed by atoms with van der Waals surface area (Å²) in [6.45, 7) is 4.41. The van der Waals surface area contributed by atoms with Gasteiger partial charge in [0.05, 0.1) is 16.8 Å². The molecule has 2 aromatic heterocycles. The second-order valence-electron chi connectivity index (χ2n) is 9.43. The highest BCUT2D eigenvalue weighted by atomic mass is 16.5. The number of anilines is 1. The van der Waals surface area contributed by atoms with Crippen molar-refractivity contribution in [2.45, 2.75) is 71.1 Å². The first kappa shape index (κ1) is 21.8.